The van der Waals surface area contributed by atoms with E-state index in [0.29, 0.717) is 16.9 Å². The largest absolute Gasteiger partial charge is 0.378 e. The molecular formula is C17H19N3O2. The molecule has 0 aromatic heterocycles. The number of carbonyl (C=O) groups excluding carboxylic acids is 2. The number of anilines is 3. The van der Waals surface area contributed by atoms with Gasteiger partial charge in [-0.15, -0.1) is 0 Å². The molecule has 0 fully saturated rings. The molecule has 0 unspecified atom stereocenters. The predicted octanol–water partition coefficient (Wildman–Crippen LogP) is 2.96. The van der Waals surface area contributed by atoms with E-state index in [1.165, 1.54) is 6.92 Å². The topological polar surface area (TPSA) is 61.4 Å². The van der Waals surface area contributed by atoms with Crippen LogP contribution in [-0.2, 0) is 4.79 Å². The SMILES string of the molecule is CC(=O)Nc1ccc(NC(=O)c2ccc(N(C)C)cc2)cc1. The molecule has 2 N–H and O–H groups in total. The highest BCUT2D eigenvalue weighted by molar-refractivity contribution is 6.04. The second-order valence-electron chi connectivity index (χ2n) is 5.15. The Labute approximate surface area is 129 Å². The summed E-state index contributed by atoms with van der Waals surface area (Å²) in [5, 5.41) is 5.50. The van der Waals surface area contributed by atoms with Crippen molar-refractivity contribution in [3.8, 4) is 0 Å². The molecule has 2 amide bonds. The van der Waals surface area contributed by atoms with E-state index in [2.05, 4.69) is 10.6 Å². The Kier molecular flexibility index (Phi) is 4.78. The third-order valence-electron chi connectivity index (χ3n) is 3.11. The molecule has 2 aromatic rings. The third kappa shape index (κ3) is 4.09. The highest BCUT2D eigenvalue weighted by Crippen LogP contribution is 2.16. The lowest BCUT2D eigenvalue weighted by Gasteiger charge is -2.12. The first-order valence-electron chi connectivity index (χ1n) is 6.92. The van der Waals surface area contributed by atoms with Gasteiger partial charge in [0.2, 0.25) is 5.91 Å². The maximum absolute atomic E-state index is 12.2. The van der Waals surface area contributed by atoms with Crippen LogP contribution in [0.3, 0.4) is 0 Å². The maximum atomic E-state index is 12.2. The van der Waals surface area contributed by atoms with Crippen LogP contribution < -0.4 is 15.5 Å². The van der Waals surface area contributed by atoms with Crippen LogP contribution in [0.25, 0.3) is 0 Å². The molecule has 0 spiro atoms. The van der Waals surface area contributed by atoms with E-state index in [1.807, 2.05) is 31.1 Å². The second kappa shape index (κ2) is 6.76. The normalized spacial score (nSPS) is 9.95. The molecule has 0 aliphatic rings. The van der Waals surface area contributed by atoms with Gasteiger partial charge in [-0.1, -0.05) is 0 Å². The van der Waals surface area contributed by atoms with Gasteiger partial charge in [-0.2, -0.15) is 0 Å². The van der Waals surface area contributed by atoms with E-state index in [4.69, 9.17) is 0 Å². The fourth-order valence-corrected chi connectivity index (χ4v) is 1.95. The van der Waals surface area contributed by atoms with Crippen LogP contribution in [-0.4, -0.2) is 25.9 Å². The number of nitrogens with zero attached hydrogens (tertiary/aromatic N) is 1. The number of amides is 2. The molecule has 114 valence electrons. The van der Waals surface area contributed by atoms with Crippen LogP contribution >= 0.6 is 0 Å². The summed E-state index contributed by atoms with van der Waals surface area (Å²) < 4.78 is 0. The van der Waals surface area contributed by atoms with E-state index >= 15 is 0 Å². The van der Waals surface area contributed by atoms with Gasteiger partial charge in [0.15, 0.2) is 0 Å². The van der Waals surface area contributed by atoms with Gasteiger partial charge in [0.05, 0.1) is 0 Å². The summed E-state index contributed by atoms with van der Waals surface area (Å²) in [6, 6.07) is 14.4. The lowest BCUT2D eigenvalue weighted by Crippen LogP contribution is -2.13. The first kappa shape index (κ1) is 15.6. The summed E-state index contributed by atoms with van der Waals surface area (Å²) >= 11 is 0. The standard InChI is InChI=1S/C17H19N3O2/c1-12(21)18-14-6-8-15(9-7-14)19-17(22)13-4-10-16(11-5-13)20(2)3/h4-11H,1-3H3,(H,18,21)(H,19,22). The van der Waals surface area contributed by atoms with Crippen molar-refractivity contribution in [1.29, 1.82) is 0 Å². The lowest BCUT2D eigenvalue weighted by molar-refractivity contribution is -0.114. The quantitative estimate of drug-likeness (QED) is 0.912. The summed E-state index contributed by atoms with van der Waals surface area (Å²) in [5.41, 5.74) is 3.00. The summed E-state index contributed by atoms with van der Waals surface area (Å²) in [5.74, 6) is -0.296. The van der Waals surface area contributed by atoms with Crippen molar-refractivity contribution in [3.63, 3.8) is 0 Å². The maximum Gasteiger partial charge on any atom is 0.255 e. The van der Waals surface area contributed by atoms with Crippen LogP contribution in [0.1, 0.15) is 17.3 Å². The van der Waals surface area contributed by atoms with E-state index in [1.54, 1.807) is 36.4 Å². The van der Waals surface area contributed by atoms with Gasteiger partial charge >= 0.3 is 0 Å². The van der Waals surface area contributed by atoms with Crippen LogP contribution in [0.4, 0.5) is 17.1 Å². The number of benzene rings is 2. The Balaban J connectivity index is 2.03. The predicted molar refractivity (Wildman–Crippen MR) is 89.5 cm³/mol. The van der Waals surface area contributed by atoms with Crippen molar-refractivity contribution >= 4 is 28.9 Å². The molecule has 22 heavy (non-hydrogen) atoms. The molecule has 0 heterocycles. The lowest BCUT2D eigenvalue weighted by atomic mass is 10.2. The summed E-state index contributed by atoms with van der Waals surface area (Å²) in [6.07, 6.45) is 0. The molecule has 0 saturated heterocycles. The molecule has 0 saturated carbocycles. The van der Waals surface area contributed by atoms with Gasteiger partial charge in [-0.3, -0.25) is 9.59 Å². The minimum Gasteiger partial charge on any atom is -0.378 e. The van der Waals surface area contributed by atoms with E-state index in [0.717, 1.165) is 5.69 Å². The number of rotatable bonds is 4. The molecule has 0 bridgehead atoms. The molecular weight excluding hydrogens is 278 g/mol. The smallest absolute Gasteiger partial charge is 0.255 e. The zero-order valence-corrected chi connectivity index (χ0v) is 12.9. The Morgan fingerprint density at radius 1 is 0.818 bits per heavy atom. The zero-order valence-electron chi connectivity index (χ0n) is 12.9. The van der Waals surface area contributed by atoms with Crippen LogP contribution in [0, 0.1) is 0 Å². The first-order chi connectivity index (χ1) is 10.5. The fraction of sp³-hybridized carbons (Fsp3) is 0.176. The first-order valence-corrected chi connectivity index (χ1v) is 6.92. The van der Waals surface area contributed by atoms with Gasteiger partial charge in [-0.25, -0.2) is 0 Å². The molecule has 2 aromatic carbocycles. The molecule has 0 atom stereocenters. The monoisotopic (exact) mass is 297 g/mol. The highest BCUT2D eigenvalue weighted by atomic mass is 16.2. The summed E-state index contributed by atoms with van der Waals surface area (Å²) in [7, 11) is 3.90. The van der Waals surface area contributed by atoms with Crippen molar-refractivity contribution in [2.24, 2.45) is 0 Å². The average molecular weight is 297 g/mol. The van der Waals surface area contributed by atoms with Crippen molar-refractivity contribution in [3.05, 3.63) is 54.1 Å². The summed E-state index contributed by atoms with van der Waals surface area (Å²) in [6.45, 7) is 1.45. The van der Waals surface area contributed by atoms with Crippen molar-refractivity contribution < 1.29 is 9.59 Å². The molecule has 5 nitrogen and oxygen atoms in total. The van der Waals surface area contributed by atoms with Crippen LogP contribution in [0.15, 0.2) is 48.5 Å². The Morgan fingerprint density at radius 2 is 1.32 bits per heavy atom. The van der Waals surface area contributed by atoms with Crippen molar-refractivity contribution in [2.75, 3.05) is 29.6 Å². The number of hydrogen-bond acceptors (Lipinski definition) is 3. The Bertz CT molecular complexity index is 661. The van der Waals surface area contributed by atoms with Gasteiger partial charge in [0.1, 0.15) is 0 Å². The molecule has 2 rings (SSSR count). The van der Waals surface area contributed by atoms with Crippen molar-refractivity contribution in [2.45, 2.75) is 6.92 Å². The van der Waals surface area contributed by atoms with E-state index < -0.39 is 0 Å². The molecule has 0 aliphatic heterocycles. The Morgan fingerprint density at radius 3 is 1.77 bits per heavy atom. The highest BCUT2D eigenvalue weighted by Gasteiger charge is 2.06. The summed E-state index contributed by atoms with van der Waals surface area (Å²) in [4.78, 5) is 25.1. The second-order valence-corrected chi connectivity index (χ2v) is 5.15. The average Bonchev–Trinajstić information content (AvgIpc) is 2.49. The van der Waals surface area contributed by atoms with Gasteiger partial charge in [0, 0.05) is 43.6 Å². The number of carbonyl (C=O) groups is 2. The molecule has 0 aliphatic carbocycles. The number of hydrogen-bond donors (Lipinski definition) is 2. The van der Waals surface area contributed by atoms with Gasteiger partial charge < -0.3 is 15.5 Å². The van der Waals surface area contributed by atoms with Crippen molar-refractivity contribution in [1.82, 2.24) is 0 Å². The Hall–Kier alpha value is -2.82. The van der Waals surface area contributed by atoms with E-state index in [-0.39, 0.29) is 11.8 Å². The third-order valence-corrected chi connectivity index (χ3v) is 3.11. The van der Waals surface area contributed by atoms with Crippen LogP contribution in [0.2, 0.25) is 0 Å². The molecule has 5 heteroatoms. The minimum absolute atomic E-state index is 0.127. The van der Waals surface area contributed by atoms with Crippen LogP contribution in [0.5, 0.6) is 0 Å². The fourth-order valence-electron chi connectivity index (χ4n) is 1.95. The van der Waals surface area contributed by atoms with Gasteiger partial charge in [-0.05, 0) is 48.5 Å². The minimum atomic E-state index is -0.169. The molecule has 0 radical (unpaired) electrons. The van der Waals surface area contributed by atoms with E-state index in [9.17, 15) is 9.59 Å². The van der Waals surface area contributed by atoms with Gasteiger partial charge in [0.25, 0.3) is 5.91 Å². The number of nitrogens with one attached hydrogen (secondary N) is 2. The zero-order chi connectivity index (χ0) is 16.1.